The maximum Gasteiger partial charge on any atom is 0.407 e. The molecule has 178 valence electrons. The molecule has 1 aliphatic carbocycles. The number of anilines is 1. The molecule has 0 aliphatic heterocycles. The molecule has 1 amide bonds. The number of carbonyl (C=O) groups excluding carboxylic acids is 2. The van der Waals surface area contributed by atoms with Crippen LogP contribution in [0.15, 0.2) is 48.5 Å². The number of alkyl carbamates (subject to hydrolysis) is 1. The molecule has 0 heterocycles. The third-order valence-corrected chi connectivity index (χ3v) is 5.76. The topological polar surface area (TPSA) is 76.7 Å². The smallest absolute Gasteiger partial charge is 0.407 e. The lowest BCUT2D eigenvalue weighted by Gasteiger charge is -2.30. The number of amides is 1. The van der Waals surface area contributed by atoms with Crippen molar-refractivity contribution in [1.29, 1.82) is 0 Å². The van der Waals surface area contributed by atoms with Crippen molar-refractivity contribution >= 4 is 17.7 Å². The molecule has 6 nitrogen and oxygen atoms in total. The van der Waals surface area contributed by atoms with Crippen molar-refractivity contribution in [2.45, 2.75) is 65.0 Å². The van der Waals surface area contributed by atoms with Gasteiger partial charge in [-0.2, -0.15) is 0 Å². The van der Waals surface area contributed by atoms with Crippen molar-refractivity contribution in [1.82, 2.24) is 5.32 Å². The highest BCUT2D eigenvalue weighted by molar-refractivity contribution is 5.93. The van der Waals surface area contributed by atoms with Crippen LogP contribution in [0.25, 0.3) is 11.1 Å². The van der Waals surface area contributed by atoms with Crippen LogP contribution in [0.3, 0.4) is 0 Å². The van der Waals surface area contributed by atoms with Crippen molar-refractivity contribution in [3.8, 4) is 11.1 Å². The Hall–Kier alpha value is -3.02. The summed E-state index contributed by atoms with van der Waals surface area (Å²) in [5, 5.41) is 6.58. The van der Waals surface area contributed by atoms with Gasteiger partial charge < -0.3 is 20.1 Å². The molecule has 0 spiro atoms. The van der Waals surface area contributed by atoms with Crippen LogP contribution in [0.1, 0.15) is 63.7 Å². The van der Waals surface area contributed by atoms with Crippen LogP contribution in [-0.4, -0.2) is 36.9 Å². The second-order valence-corrected chi connectivity index (χ2v) is 9.59. The number of ether oxygens (including phenoxy) is 2. The predicted octanol–water partition coefficient (Wildman–Crippen LogP) is 6.03. The fraction of sp³-hybridized carbons (Fsp3) is 0.481. The van der Waals surface area contributed by atoms with Gasteiger partial charge in [0.2, 0.25) is 0 Å². The van der Waals surface area contributed by atoms with E-state index < -0.39 is 5.60 Å². The number of benzene rings is 2. The van der Waals surface area contributed by atoms with E-state index in [1.807, 2.05) is 64.1 Å². The van der Waals surface area contributed by atoms with Crippen molar-refractivity contribution in [2.24, 2.45) is 5.92 Å². The summed E-state index contributed by atoms with van der Waals surface area (Å²) in [5.41, 5.74) is 3.15. The van der Waals surface area contributed by atoms with Crippen molar-refractivity contribution in [2.75, 3.05) is 18.5 Å². The van der Waals surface area contributed by atoms with Gasteiger partial charge in [0.1, 0.15) is 5.60 Å². The molecule has 0 radical (unpaired) electrons. The molecule has 2 aromatic rings. The minimum absolute atomic E-state index is 0.156. The molecule has 0 atom stereocenters. The lowest BCUT2D eigenvalue weighted by Crippen LogP contribution is -2.41. The first-order valence-electron chi connectivity index (χ1n) is 11.8. The summed E-state index contributed by atoms with van der Waals surface area (Å²) < 4.78 is 10.6. The maximum atomic E-state index is 12.3. The minimum atomic E-state index is -0.486. The van der Waals surface area contributed by atoms with E-state index in [0.717, 1.165) is 49.0 Å². The standard InChI is InChI=1S/C27H36N2O4/c1-5-32-25(30)21-13-16-23(20-9-7-6-8-10-20)24(17-21)28-18-19-11-14-22(15-12-19)29-26(31)33-27(2,3)4/h6-10,13,16-17,19,22,28H,5,11-12,14-15,18H2,1-4H3,(H,29,31). The lowest BCUT2D eigenvalue weighted by molar-refractivity contribution is 0.0485. The fourth-order valence-electron chi connectivity index (χ4n) is 4.14. The highest BCUT2D eigenvalue weighted by atomic mass is 16.6. The number of hydrogen-bond donors (Lipinski definition) is 2. The molecule has 2 aromatic carbocycles. The molecule has 1 fully saturated rings. The Labute approximate surface area is 197 Å². The number of rotatable bonds is 7. The van der Waals surface area contributed by atoms with Gasteiger partial charge in [0, 0.05) is 23.8 Å². The molecule has 33 heavy (non-hydrogen) atoms. The monoisotopic (exact) mass is 452 g/mol. The van der Waals surface area contributed by atoms with E-state index in [2.05, 4.69) is 22.8 Å². The molecular weight excluding hydrogens is 416 g/mol. The third kappa shape index (κ3) is 7.52. The largest absolute Gasteiger partial charge is 0.462 e. The van der Waals surface area contributed by atoms with Crippen LogP contribution in [0.2, 0.25) is 0 Å². The van der Waals surface area contributed by atoms with E-state index >= 15 is 0 Å². The second-order valence-electron chi connectivity index (χ2n) is 9.59. The van der Waals surface area contributed by atoms with Crippen LogP contribution in [0.5, 0.6) is 0 Å². The van der Waals surface area contributed by atoms with Crippen LogP contribution in [0.4, 0.5) is 10.5 Å². The number of hydrogen-bond acceptors (Lipinski definition) is 5. The predicted molar refractivity (Wildman–Crippen MR) is 131 cm³/mol. The molecule has 0 saturated heterocycles. The summed E-state index contributed by atoms with van der Waals surface area (Å²) in [6.45, 7) is 8.58. The first-order chi connectivity index (χ1) is 15.7. The van der Waals surface area contributed by atoms with Gasteiger partial charge in [-0.25, -0.2) is 9.59 Å². The molecule has 1 aliphatic rings. The second kappa shape index (κ2) is 11.2. The van der Waals surface area contributed by atoms with Gasteiger partial charge >= 0.3 is 12.1 Å². The highest BCUT2D eigenvalue weighted by Crippen LogP contribution is 2.31. The average molecular weight is 453 g/mol. The summed E-state index contributed by atoms with van der Waals surface area (Å²) in [4.78, 5) is 24.3. The third-order valence-electron chi connectivity index (χ3n) is 5.76. The van der Waals surface area contributed by atoms with Crippen LogP contribution < -0.4 is 10.6 Å². The Morgan fingerprint density at radius 1 is 1.00 bits per heavy atom. The number of nitrogens with one attached hydrogen (secondary N) is 2. The summed E-state index contributed by atoms with van der Waals surface area (Å²) in [6, 6.07) is 16.0. The average Bonchev–Trinajstić information content (AvgIpc) is 2.78. The van der Waals surface area contributed by atoms with Crippen LogP contribution in [-0.2, 0) is 9.47 Å². The maximum absolute atomic E-state index is 12.3. The molecule has 3 rings (SSSR count). The normalized spacial score (nSPS) is 18.3. The Morgan fingerprint density at radius 2 is 1.70 bits per heavy atom. The van der Waals surface area contributed by atoms with Crippen molar-refractivity contribution in [3.63, 3.8) is 0 Å². The van der Waals surface area contributed by atoms with E-state index in [4.69, 9.17) is 9.47 Å². The van der Waals surface area contributed by atoms with Gasteiger partial charge in [-0.15, -0.1) is 0 Å². The van der Waals surface area contributed by atoms with Crippen molar-refractivity contribution < 1.29 is 19.1 Å². The first kappa shape index (κ1) is 24.6. The molecule has 0 bridgehead atoms. The van der Waals surface area contributed by atoms with Gasteiger partial charge in [0.15, 0.2) is 0 Å². The van der Waals surface area contributed by atoms with E-state index in [9.17, 15) is 9.59 Å². The van der Waals surface area contributed by atoms with Gasteiger partial charge in [-0.3, -0.25) is 0 Å². The molecular formula is C27H36N2O4. The molecule has 2 N–H and O–H groups in total. The zero-order valence-electron chi connectivity index (χ0n) is 20.1. The Morgan fingerprint density at radius 3 is 2.33 bits per heavy atom. The Balaban J connectivity index is 1.61. The molecule has 6 heteroatoms. The molecule has 0 unspecified atom stereocenters. The quantitative estimate of drug-likeness (QED) is 0.502. The lowest BCUT2D eigenvalue weighted by atomic mass is 9.86. The SMILES string of the molecule is CCOC(=O)c1ccc(-c2ccccc2)c(NCC2CCC(NC(=O)OC(C)(C)C)CC2)c1. The highest BCUT2D eigenvalue weighted by Gasteiger charge is 2.25. The zero-order chi connectivity index (χ0) is 23.8. The molecule has 0 aromatic heterocycles. The summed E-state index contributed by atoms with van der Waals surface area (Å²) >= 11 is 0. The van der Waals surface area contributed by atoms with Gasteiger partial charge in [-0.1, -0.05) is 36.4 Å². The van der Waals surface area contributed by atoms with Gasteiger partial charge in [0.25, 0.3) is 0 Å². The number of carbonyl (C=O) groups is 2. The summed E-state index contributed by atoms with van der Waals surface area (Å²) in [6.07, 6.45) is 3.56. The minimum Gasteiger partial charge on any atom is -0.462 e. The van der Waals surface area contributed by atoms with Crippen molar-refractivity contribution in [3.05, 3.63) is 54.1 Å². The Bertz CT molecular complexity index is 929. The van der Waals surface area contributed by atoms with Crippen LogP contribution in [0, 0.1) is 5.92 Å². The fourth-order valence-corrected chi connectivity index (χ4v) is 4.14. The van der Waals surface area contributed by atoms with Crippen LogP contribution >= 0.6 is 0 Å². The summed E-state index contributed by atoms with van der Waals surface area (Å²) in [5.74, 6) is 0.186. The van der Waals surface area contributed by atoms with Gasteiger partial charge in [-0.05, 0) is 77.0 Å². The van der Waals surface area contributed by atoms with E-state index in [1.165, 1.54) is 0 Å². The Kier molecular flexibility index (Phi) is 8.37. The number of esters is 1. The first-order valence-corrected chi connectivity index (χ1v) is 11.8. The van der Waals surface area contributed by atoms with Gasteiger partial charge in [0.05, 0.1) is 12.2 Å². The van der Waals surface area contributed by atoms with E-state index in [1.54, 1.807) is 0 Å². The van der Waals surface area contributed by atoms with E-state index in [0.29, 0.717) is 18.1 Å². The summed E-state index contributed by atoms with van der Waals surface area (Å²) in [7, 11) is 0. The molecule has 1 saturated carbocycles. The zero-order valence-corrected chi connectivity index (χ0v) is 20.1. The van der Waals surface area contributed by atoms with E-state index in [-0.39, 0.29) is 18.1 Å².